The lowest BCUT2D eigenvalue weighted by molar-refractivity contribution is -0.150. The molecule has 5 rings (SSSR count). The first kappa shape index (κ1) is 30.3. The van der Waals surface area contributed by atoms with Crippen molar-refractivity contribution in [2.45, 2.75) is 50.2 Å². The molecule has 0 amide bonds. The number of ether oxygens (including phenoxy) is 2. The molecule has 8 nitrogen and oxygen atoms in total. The number of benzene rings is 2. The Morgan fingerprint density at radius 2 is 1.51 bits per heavy atom. The average molecular weight is 608 g/mol. The van der Waals surface area contributed by atoms with Gasteiger partial charge in [-0.3, -0.25) is 0 Å². The Morgan fingerprint density at radius 3 is 2.09 bits per heavy atom. The lowest BCUT2D eigenvalue weighted by Gasteiger charge is -2.43. The zero-order valence-electron chi connectivity index (χ0n) is 23.0. The molecule has 2 aromatic carbocycles. The molecule has 1 fully saturated rings. The van der Waals surface area contributed by atoms with E-state index in [4.69, 9.17) is 13.9 Å². The third kappa shape index (κ3) is 7.42. The highest BCUT2D eigenvalue weighted by molar-refractivity contribution is 5.49. The van der Waals surface area contributed by atoms with Gasteiger partial charge in [-0.25, -0.2) is 0 Å². The predicted molar refractivity (Wildman–Crippen MR) is 142 cm³/mol. The van der Waals surface area contributed by atoms with Crippen molar-refractivity contribution in [1.82, 2.24) is 20.4 Å². The molecule has 0 atom stereocenters. The van der Waals surface area contributed by atoms with Crippen LogP contribution < -0.4 is 9.64 Å². The number of rotatable bonds is 9. The van der Waals surface area contributed by atoms with E-state index < -0.39 is 29.8 Å². The second kappa shape index (κ2) is 12.2. The summed E-state index contributed by atoms with van der Waals surface area (Å²) >= 11 is 0. The molecule has 228 valence electrons. The maximum Gasteiger partial charge on any atom is 0.416 e. The van der Waals surface area contributed by atoms with Crippen LogP contribution in [-0.2, 0) is 29.5 Å². The van der Waals surface area contributed by atoms with Crippen LogP contribution in [0.4, 0.5) is 32.2 Å². The summed E-state index contributed by atoms with van der Waals surface area (Å²) in [5.41, 5.74) is -0.762. The van der Waals surface area contributed by atoms with E-state index in [0.717, 1.165) is 35.6 Å². The van der Waals surface area contributed by atoms with Crippen molar-refractivity contribution in [2.75, 3.05) is 25.1 Å². The molecular formula is C29H27F6N5O3. The summed E-state index contributed by atoms with van der Waals surface area (Å²) in [7, 11) is 1.59. The van der Waals surface area contributed by atoms with Crippen LogP contribution in [0.2, 0.25) is 0 Å². The van der Waals surface area contributed by atoms with Gasteiger partial charge in [0.05, 0.1) is 25.7 Å². The summed E-state index contributed by atoms with van der Waals surface area (Å²) in [5.74, 6) is 1.56. The van der Waals surface area contributed by atoms with Crippen LogP contribution in [0.3, 0.4) is 0 Å². The fourth-order valence-corrected chi connectivity index (χ4v) is 5.13. The predicted octanol–water partition coefficient (Wildman–Crippen LogP) is 6.76. The number of hydrogen-bond acceptors (Lipinski definition) is 8. The van der Waals surface area contributed by atoms with Crippen molar-refractivity contribution in [1.29, 1.82) is 0 Å². The van der Waals surface area contributed by atoms with E-state index in [9.17, 15) is 26.3 Å². The Hall–Kier alpha value is -4.20. The maximum absolute atomic E-state index is 13.6. The van der Waals surface area contributed by atoms with Crippen LogP contribution in [-0.4, -0.2) is 46.8 Å². The van der Waals surface area contributed by atoms with E-state index in [-0.39, 0.29) is 49.9 Å². The van der Waals surface area contributed by atoms with Crippen molar-refractivity contribution in [2.24, 2.45) is 0 Å². The molecule has 2 aromatic heterocycles. The Labute approximate surface area is 242 Å². The number of alkyl halides is 6. The molecule has 1 saturated heterocycles. The summed E-state index contributed by atoms with van der Waals surface area (Å²) in [6.45, 7) is 0.828. The highest BCUT2D eigenvalue weighted by atomic mass is 19.4. The third-order valence-corrected chi connectivity index (χ3v) is 7.40. The molecule has 0 N–H and O–H groups in total. The first-order chi connectivity index (χ1) is 20.4. The van der Waals surface area contributed by atoms with Gasteiger partial charge in [0.1, 0.15) is 18.1 Å². The molecule has 1 aliphatic rings. The summed E-state index contributed by atoms with van der Waals surface area (Å²) in [6.07, 6.45) is -10.0. The van der Waals surface area contributed by atoms with Gasteiger partial charge in [0.25, 0.3) is 5.89 Å². The lowest BCUT2D eigenvalue weighted by atomic mass is 9.70. The topological polar surface area (TPSA) is 86.4 Å². The minimum Gasteiger partial charge on any atom is -0.497 e. The standard InChI is InChI=1S/C29H27F6N5O3/c1-41-22-8-2-19(3-9-22)16-42-17-25-38-39-26(43-25)23-10-11-24(37-36-23)40-14-12-27(13-15-40,18-28(30,31)32)20-4-6-21(7-5-20)29(33,34)35/h2-11H,12-18H2,1H3. The fraction of sp³-hybridized carbons (Fsp3) is 0.379. The van der Waals surface area contributed by atoms with E-state index in [1.54, 1.807) is 24.1 Å². The maximum atomic E-state index is 13.6. The van der Waals surface area contributed by atoms with Gasteiger partial charge in [-0.1, -0.05) is 24.3 Å². The summed E-state index contributed by atoms with van der Waals surface area (Å²) in [4.78, 5) is 1.79. The monoisotopic (exact) mass is 607 g/mol. The molecule has 4 aromatic rings. The van der Waals surface area contributed by atoms with Crippen LogP contribution in [0, 0.1) is 0 Å². The number of aromatic nitrogens is 4. The summed E-state index contributed by atoms with van der Waals surface area (Å²) in [6, 6.07) is 14.7. The number of hydrogen-bond donors (Lipinski definition) is 0. The average Bonchev–Trinajstić information content (AvgIpc) is 3.46. The number of nitrogens with zero attached hydrogens (tertiary/aromatic N) is 5. The van der Waals surface area contributed by atoms with E-state index in [0.29, 0.717) is 18.1 Å². The zero-order valence-corrected chi connectivity index (χ0v) is 23.0. The van der Waals surface area contributed by atoms with Crippen LogP contribution in [0.1, 0.15) is 41.8 Å². The molecule has 43 heavy (non-hydrogen) atoms. The van der Waals surface area contributed by atoms with Gasteiger partial charge in [-0.15, -0.1) is 20.4 Å². The van der Waals surface area contributed by atoms with Crippen molar-refractivity contribution < 1.29 is 40.2 Å². The minimum absolute atomic E-state index is 0.0743. The molecule has 0 radical (unpaired) electrons. The Bertz CT molecular complexity index is 1480. The third-order valence-electron chi connectivity index (χ3n) is 7.40. The number of anilines is 1. The number of methoxy groups -OCH3 is 1. The Balaban J connectivity index is 1.20. The summed E-state index contributed by atoms with van der Waals surface area (Å²) in [5, 5.41) is 16.3. The zero-order chi connectivity index (χ0) is 30.7. The van der Waals surface area contributed by atoms with E-state index in [1.807, 2.05) is 24.3 Å². The lowest BCUT2D eigenvalue weighted by Crippen LogP contribution is -2.45. The summed E-state index contributed by atoms with van der Waals surface area (Å²) < 4.78 is 96.2. The largest absolute Gasteiger partial charge is 0.497 e. The van der Waals surface area contributed by atoms with Crippen LogP contribution in [0.15, 0.2) is 65.1 Å². The van der Waals surface area contributed by atoms with E-state index in [2.05, 4.69) is 20.4 Å². The molecular weight excluding hydrogens is 580 g/mol. The van der Waals surface area contributed by atoms with Gasteiger partial charge >= 0.3 is 12.4 Å². The van der Waals surface area contributed by atoms with Crippen molar-refractivity contribution in [3.63, 3.8) is 0 Å². The Kier molecular flexibility index (Phi) is 8.58. The van der Waals surface area contributed by atoms with Crippen molar-refractivity contribution >= 4 is 5.82 Å². The molecule has 14 heteroatoms. The minimum atomic E-state index is -4.57. The van der Waals surface area contributed by atoms with Gasteiger partial charge in [-0.2, -0.15) is 26.3 Å². The number of piperidine rings is 1. The van der Waals surface area contributed by atoms with Gasteiger partial charge in [0, 0.05) is 18.5 Å². The van der Waals surface area contributed by atoms with Gasteiger partial charge < -0.3 is 18.8 Å². The fourth-order valence-electron chi connectivity index (χ4n) is 5.13. The SMILES string of the molecule is COc1ccc(COCc2nnc(-c3ccc(N4CCC(CC(F)(F)F)(c5ccc(C(F)(F)F)cc5)CC4)nn3)o2)cc1. The molecule has 1 aliphatic heterocycles. The molecule has 0 unspecified atom stereocenters. The second-order valence-electron chi connectivity index (χ2n) is 10.3. The van der Waals surface area contributed by atoms with Crippen LogP contribution in [0.25, 0.3) is 11.6 Å². The normalized spacial score (nSPS) is 15.5. The second-order valence-corrected chi connectivity index (χ2v) is 10.3. The molecule has 0 saturated carbocycles. The smallest absolute Gasteiger partial charge is 0.416 e. The molecule has 0 spiro atoms. The van der Waals surface area contributed by atoms with Crippen LogP contribution in [0.5, 0.6) is 5.75 Å². The quantitative estimate of drug-likeness (QED) is 0.193. The highest BCUT2D eigenvalue weighted by Crippen LogP contribution is 2.45. The van der Waals surface area contributed by atoms with Crippen LogP contribution >= 0.6 is 0 Å². The molecule has 0 bridgehead atoms. The Morgan fingerprint density at radius 1 is 0.814 bits per heavy atom. The van der Waals surface area contributed by atoms with Gasteiger partial charge in [0.15, 0.2) is 5.82 Å². The van der Waals surface area contributed by atoms with Gasteiger partial charge in [0.2, 0.25) is 5.89 Å². The number of halogens is 6. The first-order valence-corrected chi connectivity index (χ1v) is 13.3. The molecule has 0 aliphatic carbocycles. The molecule has 3 heterocycles. The van der Waals surface area contributed by atoms with Crippen molar-refractivity contribution in [3.05, 3.63) is 83.2 Å². The van der Waals surface area contributed by atoms with E-state index >= 15 is 0 Å². The van der Waals surface area contributed by atoms with Crippen molar-refractivity contribution in [3.8, 4) is 17.3 Å². The van der Waals surface area contributed by atoms with Gasteiger partial charge in [-0.05, 0) is 60.4 Å². The first-order valence-electron chi connectivity index (χ1n) is 13.3. The van der Waals surface area contributed by atoms with E-state index in [1.165, 1.54) is 0 Å². The highest BCUT2D eigenvalue weighted by Gasteiger charge is 2.46.